The van der Waals surface area contributed by atoms with Crippen LogP contribution in [0.25, 0.3) is 0 Å². The van der Waals surface area contributed by atoms with E-state index in [9.17, 15) is 4.79 Å². The Balaban J connectivity index is 1.55. The molecule has 2 aromatic heterocycles. The summed E-state index contributed by atoms with van der Waals surface area (Å²) in [5.41, 5.74) is 0.946. The molecular weight excluding hydrogens is 286 g/mol. The highest BCUT2D eigenvalue weighted by Crippen LogP contribution is 2.41. The van der Waals surface area contributed by atoms with Gasteiger partial charge in [0.2, 0.25) is 0 Å². The van der Waals surface area contributed by atoms with Crippen LogP contribution in [0.3, 0.4) is 0 Å². The van der Waals surface area contributed by atoms with E-state index in [2.05, 4.69) is 10.3 Å². The standard InChI is InChI=1S/C15H19N3O2S/c1-10(13-9-21-14(17-13)11-5-6-11)16-15(19)18(2)8-12-4-3-7-20-12/h3-4,7,9-11H,5-6,8H2,1-2H3,(H,16,19)/t10-/m1/s1. The van der Waals surface area contributed by atoms with E-state index in [1.54, 1.807) is 29.5 Å². The molecule has 2 amide bonds. The first-order valence-electron chi connectivity index (χ1n) is 7.13. The smallest absolute Gasteiger partial charge is 0.318 e. The van der Waals surface area contributed by atoms with Crippen LogP contribution in [0, 0.1) is 0 Å². The summed E-state index contributed by atoms with van der Waals surface area (Å²) in [6.45, 7) is 2.42. The van der Waals surface area contributed by atoms with Gasteiger partial charge in [-0.3, -0.25) is 0 Å². The fraction of sp³-hybridized carbons (Fsp3) is 0.467. The van der Waals surface area contributed by atoms with E-state index >= 15 is 0 Å². The van der Waals surface area contributed by atoms with Crippen molar-refractivity contribution in [3.63, 3.8) is 0 Å². The number of hydrogen-bond acceptors (Lipinski definition) is 4. The second kappa shape index (κ2) is 5.89. The van der Waals surface area contributed by atoms with Crippen LogP contribution in [0.15, 0.2) is 28.2 Å². The number of nitrogens with one attached hydrogen (secondary N) is 1. The maximum Gasteiger partial charge on any atom is 0.318 e. The van der Waals surface area contributed by atoms with Crippen LogP contribution in [0.4, 0.5) is 4.79 Å². The topological polar surface area (TPSA) is 58.4 Å². The van der Waals surface area contributed by atoms with Gasteiger partial charge in [-0.2, -0.15) is 0 Å². The predicted octanol–water partition coefficient (Wildman–Crippen LogP) is 3.52. The van der Waals surface area contributed by atoms with E-state index < -0.39 is 0 Å². The molecule has 1 aliphatic rings. The molecule has 0 aliphatic heterocycles. The first kappa shape index (κ1) is 14.1. The Bertz CT molecular complexity index is 604. The van der Waals surface area contributed by atoms with Crippen LogP contribution in [-0.2, 0) is 6.54 Å². The highest BCUT2D eigenvalue weighted by molar-refractivity contribution is 7.09. The molecule has 0 unspecified atom stereocenters. The monoisotopic (exact) mass is 305 g/mol. The average molecular weight is 305 g/mol. The molecule has 0 bridgehead atoms. The number of rotatable bonds is 5. The number of thiazole rings is 1. The minimum absolute atomic E-state index is 0.0831. The Kier molecular flexibility index (Phi) is 3.96. The zero-order chi connectivity index (χ0) is 14.8. The van der Waals surface area contributed by atoms with Crippen molar-refractivity contribution in [2.24, 2.45) is 0 Å². The largest absolute Gasteiger partial charge is 0.467 e. The Morgan fingerprint density at radius 1 is 1.62 bits per heavy atom. The third kappa shape index (κ3) is 3.44. The predicted molar refractivity (Wildman–Crippen MR) is 81.2 cm³/mol. The van der Waals surface area contributed by atoms with Crippen LogP contribution in [0.1, 0.15) is 48.2 Å². The zero-order valence-electron chi connectivity index (χ0n) is 12.2. The quantitative estimate of drug-likeness (QED) is 0.919. The Morgan fingerprint density at radius 2 is 2.43 bits per heavy atom. The summed E-state index contributed by atoms with van der Waals surface area (Å²) in [5, 5.41) is 6.22. The molecule has 0 aromatic carbocycles. The Labute approximate surface area is 128 Å². The van der Waals surface area contributed by atoms with E-state index in [1.165, 1.54) is 17.8 Å². The summed E-state index contributed by atoms with van der Waals surface area (Å²) in [5.74, 6) is 1.43. The number of hydrogen-bond donors (Lipinski definition) is 1. The van der Waals surface area contributed by atoms with Gasteiger partial charge in [0.15, 0.2) is 0 Å². The summed E-state index contributed by atoms with van der Waals surface area (Å²) < 4.78 is 5.25. The molecule has 2 heterocycles. The second-order valence-electron chi connectivity index (χ2n) is 5.49. The number of carbonyl (C=O) groups excluding carboxylic acids is 1. The van der Waals surface area contributed by atoms with Crippen molar-refractivity contribution >= 4 is 17.4 Å². The highest BCUT2D eigenvalue weighted by atomic mass is 32.1. The van der Waals surface area contributed by atoms with Crippen LogP contribution in [-0.4, -0.2) is 23.0 Å². The van der Waals surface area contributed by atoms with E-state index in [4.69, 9.17) is 4.42 Å². The van der Waals surface area contributed by atoms with Crippen molar-refractivity contribution < 1.29 is 9.21 Å². The van der Waals surface area contributed by atoms with Gasteiger partial charge in [0.25, 0.3) is 0 Å². The molecule has 5 nitrogen and oxygen atoms in total. The average Bonchev–Trinajstić information content (AvgIpc) is 2.99. The number of aromatic nitrogens is 1. The minimum atomic E-state index is -0.125. The molecule has 3 rings (SSSR count). The van der Waals surface area contributed by atoms with Gasteiger partial charge >= 0.3 is 6.03 Å². The first-order valence-corrected chi connectivity index (χ1v) is 8.01. The lowest BCUT2D eigenvalue weighted by Gasteiger charge is -2.19. The maximum atomic E-state index is 12.2. The highest BCUT2D eigenvalue weighted by Gasteiger charge is 2.27. The molecule has 112 valence electrons. The van der Waals surface area contributed by atoms with Crippen molar-refractivity contribution in [2.75, 3.05) is 7.05 Å². The van der Waals surface area contributed by atoms with Gasteiger partial charge in [0.1, 0.15) is 5.76 Å². The van der Waals surface area contributed by atoms with E-state index in [-0.39, 0.29) is 12.1 Å². The van der Waals surface area contributed by atoms with Crippen LogP contribution < -0.4 is 5.32 Å². The lowest BCUT2D eigenvalue weighted by Crippen LogP contribution is -2.38. The van der Waals surface area contributed by atoms with E-state index in [1.807, 2.05) is 24.4 Å². The number of carbonyl (C=O) groups is 1. The van der Waals surface area contributed by atoms with Crippen molar-refractivity contribution in [2.45, 2.75) is 38.3 Å². The van der Waals surface area contributed by atoms with Gasteiger partial charge < -0.3 is 14.6 Å². The van der Waals surface area contributed by atoms with Crippen molar-refractivity contribution in [1.82, 2.24) is 15.2 Å². The van der Waals surface area contributed by atoms with E-state index in [0.29, 0.717) is 12.5 Å². The molecule has 1 atom stereocenters. The van der Waals surface area contributed by atoms with Gasteiger partial charge in [0, 0.05) is 18.3 Å². The van der Waals surface area contributed by atoms with Crippen molar-refractivity contribution in [3.8, 4) is 0 Å². The lowest BCUT2D eigenvalue weighted by atomic mass is 10.2. The molecule has 1 fully saturated rings. The van der Waals surface area contributed by atoms with E-state index in [0.717, 1.165) is 11.5 Å². The molecule has 0 radical (unpaired) electrons. The first-order chi connectivity index (χ1) is 10.1. The van der Waals surface area contributed by atoms with Crippen molar-refractivity contribution in [1.29, 1.82) is 0 Å². The molecule has 1 N–H and O–H groups in total. The van der Waals surface area contributed by atoms with Gasteiger partial charge in [-0.05, 0) is 31.9 Å². The summed E-state index contributed by atoms with van der Waals surface area (Å²) in [6, 6.07) is 3.47. The van der Waals surface area contributed by atoms with Crippen LogP contribution in [0.5, 0.6) is 0 Å². The molecule has 21 heavy (non-hydrogen) atoms. The summed E-state index contributed by atoms with van der Waals surface area (Å²) in [7, 11) is 1.75. The number of nitrogens with zero attached hydrogens (tertiary/aromatic N) is 2. The van der Waals surface area contributed by atoms with Gasteiger partial charge in [0.05, 0.1) is 29.6 Å². The molecule has 0 saturated heterocycles. The summed E-state index contributed by atoms with van der Waals surface area (Å²) >= 11 is 1.70. The Hall–Kier alpha value is -1.82. The SMILES string of the molecule is C[C@@H](NC(=O)N(C)Cc1ccco1)c1csc(C2CC2)n1. The number of urea groups is 1. The van der Waals surface area contributed by atoms with Crippen LogP contribution in [0.2, 0.25) is 0 Å². The fourth-order valence-corrected chi connectivity index (χ4v) is 3.18. The Morgan fingerprint density at radius 3 is 3.10 bits per heavy atom. The van der Waals surface area contributed by atoms with Gasteiger partial charge in [-0.15, -0.1) is 11.3 Å². The normalized spacial score (nSPS) is 15.7. The number of furan rings is 1. The molecule has 1 aliphatic carbocycles. The summed E-state index contributed by atoms with van der Waals surface area (Å²) in [6.07, 6.45) is 4.11. The van der Waals surface area contributed by atoms with Crippen molar-refractivity contribution in [3.05, 3.63) is 40.2 Å². The zero-order valence-corrected chi connectivity index (χ0v) is 13.0. The van der Waals surface area contributed by atoms with Crippen LogP contribution >= 0.6 is 11.3 Å². The molecule has 2 aromatic rings. The lowest BCUT2D eigenvalue weighted by molar-refractivity contribution is 0.199. The molecule has 6 heteroatoms. The third-order valence-electron chi connectivity index (χ3n) is 3.57. The second-order valence-corrected chi connectivity index (χ2v) is 6.38. The maximum absolute atomic E-state index is 12.2. The minimum Gasteiger partial charge on any atom is -0.467 e. The fourth-order valence-electron chi connectivity index (χ4n) is 2.09. The third-order valence-corrected chi connectivity index (χ3v) is 4.60. The molecule has 1 saturated carbocycles. The molecule has 0 spiro atoms. The summed E-state index contributed by atoms with van der Waals surface area (Å²) in [4.78, 5) is 18.4. The van der Waals surface area contributed by atoms with Gasteiger partial charge in [-0.25, -0.2) is 9.78 Å². The molecular formula is C15H19N3O2S. The van der Waals surface area contributed by atoms with Gasteiger partial charge in [-0.1, -0.05) is 0 Å². The number of amides is 2.